The molecule has 3 aliphatic carbocycles. The van der Waals surface area contributed by atoms with Crippen LogP contribution >= 0.6 is 0 Å². The molecule has 0 amide bonds. The Morgan fingerprint density at radius 1 is 0.821 bits per heavy atom. The normalized spacial score (nSPS) is 28.0. The van der Waals surface area contributed by atoms with Gasteiger partial charge in [-0.15, -0.1) is 6.58 Å². The van der Waals surface area contributed by atoms with E-state index in [0.29, 0.717) is 29.4 Å². The average molecular weight is 537 g/mol. The molecule has 2 heteroatoms. The summed E-state index contributed by atoms with van der Waals surface area (Å²) in [6, 6.07) is 3.68. The first kappa shape index (κ1) is 30.3. The summed E-state index contributed by atoms with van der Waals surface area (Å²) < 4.78 is 30.2. The molecule has 216 valence electrons. The highest BCUT2D eigenvalue weighted by Gasteiger charge is 2.29. The van der Waals surface area contributed by atoms with E-state index in [1.807, 2.05) is 18.2 Å². The first-order chi connectivity index (χ1) is 19.1. The fourth-order valence-corrected chi connectivity index (χ4v) is 7.74. The lowest BCUT2D eigenvalue weighted by Gasteiger charge is -2.35. The second-order valence-corrected chi connectivity index (χ2v) is 13.1. The van der Waals surface area contributed by atoms with E-state index < -0.39 is 11.6 Å². The summed E-state index contributed by atoms with van der Waals surface area (Å²) in [7, 11) is 0. The Balaban J connectivity index is 1.21. The number of halogens is 2. The number of hydrogen-bond acceptors (Lipinski definition) is 0. The van der Waals surface area contributed by atoms with Gasteiger partial charge < -0.3 is 0 Å². The van der Waals surface area contributed by atoms with Crippen molar-refractivity contribution in [1.29, 1.82) is 0 Å². The summed E-state index contributed by atoms with van der Waals surface area (Å²) in [6.07, 6.45) is 31.8. The van der Waals surface area contributed by atoms with E-state index >= 15 is 8.78 Å². The SMILES string of the molecule is C=CCCC1CCC(C2CC=C(c3ccc(CCC=CC4CCC(CCCCC)CC4)c(F)c3F)CC2)CC1. The fourth-order valence-electron chi connectivity index (χ4n) is 7.74. The number of rotatable bonds is 13. The van der Waals surface area contributed by atoms with Gasteiger partial charge in [-0.25, -0.2) is 8.78 Å². The van der Waals surface area contributed by atoms with Gasteiger partial charge in [0.2, 0.25) is 0 Å². The molecule has 1 unspecified atom stereocenters. The highest BCUT2D eigenvalue weighted by atomic mass is 19.2. The molecule has 1 atom stereocenters. The quantitative estimate of drug-likeness (QED) is 0.174. The molecule has 2 fully saturated rings. The van der Waals surface area contributed by atoms with Gasteiger partial charge in [-0.2, -0.15) is 0 Å². The van der Waals surface area contributed by atoms with E-state index in [9.17, 15) is 0 Å². The molecule has 0 nitrogen and oxygen atoms in total. The third-order valence-electron chi connectivity index (χ3n) is 10.4. The zero-order valence-electron chi connectivity index (χ0n) is 24.7. The smallest absolute Gasteiger partial charge is 0.166 e. The minimum atomic E-state index is -0.634. The summed E-state index contributed by atoms with van der Waals surface area (Å²) in [6.45, 7) is 6.14. The van der Waals surface area contributed by atoms with Gasteiger partial charge in [-0.3, -0.25) is 0 Å². The Kier molecular flexibility index (Phi) is 12.4. The van der Waals surface area contributed by atoms with E-state index in [1.165, 1.54) is 83.5 Å². The van der Waals surface area contributed by atoms with Crippen molar-refractivity contribution < 1.29 is 8.78 Å². The molecule has 0 aromatic heterocycles. The molecule has 0 spiro atoms. The van der Waals surface area contributed by atoms with E-state index in [1.54, 1.807) is 0 Å². The van der Waals surface area contributed by atoms with Gasteiger partial charge in [0.1, 0.15) is 0 Å². The average Bonchev–Trinajstić information content (AvgIpc) is 2.97. The molecule has 3 aliphatic rings. The Bertz CT molecular complexity index is 940. The first-order valence-corrected chi connectivity index (χ1v) is 16.5. The van der Waals surface area contributed by atoms with Crippen LogP contribution in [-0.2, 0) is 6.42 Å². The van der Waals surface area contributed by atoms with Crippen LogP contribution in [0.4, 0.5) is 8.78 Å². The number of hydrogen-bond donors (Lipinski definition) is 0. The maximum absolute atomic E-state index is 15.2. The van der Waals surface area contributed by atoms with Crippen LogP contribution in [0.1, 0.15) is 134 Å². The molecule has 0 radical (unpaired) electrons. The Morgan fingerprint density at radius 3 is 2.26 bits per heavy atom. The van der Waals surface area contributed by atoms with Crippen LogP contribution in [0.5, 0.6) is 0 Å². The third-order valence-corrected chi connectivity index (χ3v) is 10.4. The summed E-state index contributed by atoms with van der Waals surface area (Å²) >= 11 is 0. The van der Waals surface area contributed by atoms with Crippen molar-refractivity contribution in [2.75, 3.05) is 0 Å². The van der Waals surface area contributed by atoms with Crippen molar-refractivity contribution in [3.05, 3.63) is 65.8 Å². The van der Waals surface area contributed by atoms with Gasteiger partial charge in [0.25, 0.3) is 0 Å². The predicted octanol–water partition coefficient (Wildman–Crippen LogP) is 11.8. The van der Waals surface area contributed by atoms with Crippen LogP contribution < -0.4 is 0 Å². The van der Waals surface area contributed by atoms with Crippen molar-refractivity contribution in [3.8, 4) is 0 Å². The molecule has 1 aromatic carbocycles. The first-order valence-electron chi connectivity index (χ1n) is 16.5. The maximum Gasteiger partial charge on any atom is 0.166 e. The lowest BCUT2D eigenvalue weighted by molar-refractivity contribution is 0.190. The van der Waals surface area contributed by atoms with E-state index in [4.69, 9.17) is 0 Å². The van der Waals surface area contributed by atoms with Crippen LogP contribution in [0.3, 0.4) is 0 Å². The molecular formula is C37H54F2. The van der Waals surface area contributed by atoms with Gasteiger partial charge in [0, 0.05) is 5.56 Å². The highest BCUT2D eigenvalue weighted by molar-refractivity contribution is 5.67. The van der Waals surface area contributed by atoms with Gasteiger partial charge >= 0.3 is 0 Å². The van der Waals surface area contributed by atoms with E-state index in [0.717, 1.165) is 55.4 Å². The minimum Gasteiger partial charge on any atom is -0.203 e. The second-order valence-electron chi connectivity index (χ2n) is 13.1. The zero-order valence-corrected chi connectivity index (χ0v) is 24.7. The summed E-state index contributed by atoms with van der Waals surface area (Å²) in [5.41, 5.74) is 2.02. The topological polar surface area (TPSA) is 0 Å². The third kappa shape index (κ3) is 8.89. The van der Waals surface area contributed by atoms with Gasteiger partial charge in [0.05, 0.1) is 0 Å². The molecule has 4 rings (SSSR count). The Morgan fingerprint density at radius 2 is 1.56 bits per heavy atom. The van der Waals surface area contributed by atoms with Crippen LogP contribution in [0.15, 0.2) is 43.0 Å². The lowest BCUT2D eigenvalue weighted by Crippen LogP contribution is -2.23. The molecule has 39 heavy (non-hydrogen) atoms. The minimum absolute atomic E-state index is 0.495. The Hall–Kier alpha value is -1.70. The van der Waals surface area contributed by atoms with Crippen molar-refractivity contribution in [2.45, 2.75) is 129 Å². The predicted molar refractivity (Wildman–Crippen MR) is 164 cm³/mol. The van der Waals surface area contributed by atoms with Gasteiger partial charge in [-0.05, 0) is 124 Å². The molecule has 2 saturated carbocycles. The highest BCUT2D eigenvalue weighted by Crippen LogP contribution is 2.42. The Labute approximate surface area is 238 Å². The zero-order chi connectivity index (χ0) is 27.5. The molecule has 0 bridgehead atoms. The van der Waals surface area contributed by atoms with Crippen LogP contribution in [0, 0.1) is 41.2 Å². The molecule has 0 aliphatic heterocycles. The van der Waals surface area contributed by atoms with Gasteiger partial charge in [0.15, 0.2) is 11.6 Å². The number of allylic oxidation sites excluding steroid dienone is 5. The largest absolute Gasteiger partial charge is 0.203 e. The fraction of sp³-hybridized carbons (Fsp3) is 0.676. The van der Waals surface area contributed by atoms with Crippen molar-refractivity contribution in [1.82, 2.24) is 0 Å². The van der Waals surface area contributed by atoms with E-state index in [-0.39, 0.29) is 0 Å². The van der Waals surface area contributed by atoms with Gasteiger partial charge in [-0.1, -0.05) is 81.9 Å². The van der Waals surface area contributed by atoms with Crippen molar-refractivity contribution in [2.24, 2.45) is 29.6 Å². The van der Waals surface area contributed by atoms with Crippen LogP contribution in [-0.4, -0.2) is 0 Å². The molecule has 0 N–H and O–H groups in total. The number of unbranched alkanes of at least 4 members (excludes halogenated alkanes) is 2. The molecular weight excluding hydrogens is 482 g/mol. The standard InChI is InChI=1S/C37H54F2/c1-3-5-7-11-29-14-16-30(17-15-29)12-8-9-13-34-26-27-35(37(39)36(34)38)33-24-22-32(23-25-33)31-20-18-28(19-21-31)10-6-4-2/h4,8,12,24,26-32H,2-3,5-7,9-11,13-23,25H2,1H3. The van der Waals surface area contributed by atoms with Crippen molar-refractivity contribution >= 4 is 5.57 Å². The molecule has 1 aromatic rings. The van der Waals surface area contributed by atoms with Crippen LogP contribution in [0.25, 0.3) is 5.57 Å². The summed E-state index contributed by atoms with van der Waals surface area (Å²) in [5, 5.41) is 0. The number of benzene rings is 1. The summed E-state index contributed by atoms with van der Waals surface area (Å²) in [5.74, 6) is 2.73. The number of aryl methyl sites for hydroxylation is 1. The summed E-state index contributed by atoms with van der Waals surface area (Å²) in [4.78, 5) is 0. The van der Waals surface area contributed by atoms with Crippen LogP contribution in [0.2, 0.25) is 0 Å². The second kappa shape index (κ2) is 15.9. The van der Waals surface area contributed by atoms with E-state index in [2.05, 4.69) is 31.7 Å². The van der Waals surface area contributed by atoms with Crippen molar-refractivity contribution in [3.63, 3.8) is 0 Å². The lowest BCUT2D eigenvalue weighted by atomic mass is 9.70. The monoisotopic (exact) mass is 536 g/mol. The molecule has 0 saturated heterocycles. The molecule has 0 heterocycles. The maximum atomic E-state index is 15.2.